The van der Waals surface area contributed by atoms with Crippen molar-refractivity contribution in [3.63, 3.8) is 0 Å². The van der Waals surface area contributed by atoms with E-state index in [1.807, 2.05) is 4.68 Å². The Morgan fingerprint density at radius 1 is 1.13 bits per heavy atom. The molecule has 8 nitrogen and oxygen atoms in total. The first kappa shape index (κ1) is 16.1. The third-order valence-electron chi connectivity index (χ3n) is 4.14. The normalized spacial score (nSPS) is 17.7. The summed E-state index contributed by atoms with van der Waals surface area (Å²) in [7, 11) is 0. The van der Waals surface area contributed by atoms with Gasteiger partial charge in [0.25, 0.3) is 0 Å². The lowest BCUT2D eigenvalue weighted by Crippen LogP contribution is -2.32. The maximum atomic E-state index is 5.29. The van der Waals surface area contributed by atoms with Gasteiger partial charge in [-0.3, -0.25) is 9.58 Å². The standard InChI is InChI=1S/C15H25N7O/c1-13(2)15-18-14(19-23-15)10-21-5-3-4-20(6-7-21)8-9-22-12-16-11-17-22/h11-13H,3-10H2,1-2H3. The van der Waals surface area contributed by atoms with Crippen LogP contribution in [0.4, 0.5) is 0 Å². The molecule has 2 aromatic heterocycles. The van der Waals surface area contributed by atoms with Crippen LogP contribution >= 0.6 is 0 Å². The zero-order valence-electron chi connectivity index (χ0n) is 13.9. The first-order valence-corrected chi connectivity index (χ1v) is 8.30. The summed E-state index contributed by atoms with van der Waals surface area (Å²) in [5.74, 6) is 1.81. The Labute approximate surface area is 136 Å². The summed E-state index contributed by atoms with van der Waals surface area (Å²) in [5, 5.41) is 8.24. The minimum Gasteiger partial charge on any atom is -0.339 e. The molecule has 0 N–H and O–H groups in total. The molecule has 0 amide bonds. The van der Waals surface area contributed by atoms with E-state index in [0.29, 0.717) is 0 Å². The molecular weight excluding hydrogens is 294 g/mol. The van der Waals surface area contributed by atoms with Crippen molar-refractivity contribution in [3.05, 3.63) is 24.4 Å². The summed E-state index contributed by atoms with van der Waals surface area (Å²) in [4.78, 5) is 13.3. The zero-order valence-corrected chi connectivity index (χ0v) is 13.9. The quantitative estimate of drug-likeness (QED) is 0.786. The Kier molecular flexibility index (Phi) is 5.35. The Morgan fingerprint density at radius 2 is 1.96 bits per heavy atom. The van der Waals surface area contributed by atoms with Crippen LogP contribution in [-0.4, -0.2) is 67.4 Å². The van der Waals surface area contributed by atoms with Gasteiger partial charge < -0.3 is 9.42 Å². The van der Waals surface area contributed by atoms with Crippen LogP contribution in [0.2, 0.25) is 0 Å². The third kappa shape index (κ3) is 4.59. The Balaban J connectivity index is 1.46. The lowest BCUT2D eigenvalue weighted by molar-refractivity contribution is 0.238. The second-order valence-corrected chi connectivity index (χ2v) is 6.33. The molecule has 1 fully saturated rings. The number of hydrogen-bond donors (Lipinski definition) is 0. The fourth-order valence-corrected chi connectivity index (χ4v) is 2.76. The molecule has 0 bridgehead atoms. The molecule has 8 heteroatoms. The maximum Gasteiger partial charge on any atom is 0.229 e. The van der Waals surface area contributed by atoms with Gasteiger partial charge in [0.2, 0.25) is 5.89 Å². The molecule has 126 valence electrons. The van der Waals surface area contributed by atoms with Crippen molar-refractivity contribution in [2.45, 2.75) is 39.3 Å². The summed E-state index contributed by atoms with van der Waals surface area (Å²) in [6, 6.07) is 0. The molecule has 0 aromatic carbocycles. The largest absolute Gasteiger partial charge is 0.339 e. The minimum atomic E-state index is 0.285. The van der Waals surface area contributed by atoms with Gasteiger partial charge in [0, 0.05) is 25.6 Å². The van der Waals surface area contributed by atoms with Crippen molar-refractivity contribution in [2.24, 2.45) is 0 Å². The topological polar surface area (TPSA) is 76.1 Å². The highest BCUT2D eigenvalue weighted by Crippen LogP contribution is 2.13. The van der Waals surface area contributed by atoms with E-state index in [9.17, 15) is 0 Å². The summed E-state index contributed by atoms with van der Waals surface area (Å²) in [5.41, 5.74) is 0. The zero-order chi connectivity index (χ0) is 16.1. The SMILES string of the molecule is CC(C)c1nc(CN2CCCN(CCn3cncn3)CC2)no1. The molecule has 0 saturated carbocycles. The van der Waals surface area contributed by atoms with Crippen LogP contribution in [0.1, 0.15) is 37.9 Å². The first-order chi connectivity index (χ1) is 11.2. The van der Waals surface area contributed by atoms with Gasteiger partial charge in [-0.25, -0.2) is 4.98 Å². The Morgan fingerprint density at radius 3 is 2.70 bits per heavy atom. The lowest BCUT2D eigenvalue weighted by atomic mass is 10.2. The highest BCUT2D eigenvalue weighted by molar-refractivity contribution is 4.91. The van der Waals surface area contributed by atoms with Crippen molar-refractivity contribution in [1.82, 2.24) is 34.7 Å². The van der Waals surface area contributed by atoms with Crippen LogP contribution in [0.3, 0.4) is 0 Å². The van der Waals surface area contributed by atoms with Gasteiger partial charge >= 0.3 is 0 Å². The molecule has 1 saturated heterocycles. The van der Waals surface area contributed by atoms with Crippen LogP contribution in [0.25, 0.3) is 0 Å². The van der Waals surface area contributed by atoms with Gasteiger partial charge in [-0.2, -0.15) is 10.1 Å². The molecular formula is C15H25N7O. The van der Waals surface area contributed by atoms with Crippen molar-refractivity contribution in [1.29, 1.82) is 0 Å². The van der Waals surface area contributed by atoms with E-state index in [1.54, 1.807) is 12.7 Å². The summed E-state index contributed by atoms with van der Waals surface area (Å²) in [6.07, 6.45) is 4.51. The summed E-state index contributed by atoms with van der Waals surface area (Å²) >= 11 is 0. The van der Waals surface area contributed by atoms with E-state index in [2.05, 4.69) is 43.9 Å². The van der Waals surface area contributed by atoms with E-state index in [4.69, 9.17) is 4.52 Å². The van der Waals surface area contributed by atoms with E-state index in [1.165, 1.54) is 0 Å². The van der Waals surface area contributed by atoms with Crippen molar-refractivity contribution in [2.75, 3.05) is 32.7 Å². The highest BCUT2D eigenvalue weighted by atomic mass is 16.5. The summed E-state index contributed by atoms with van der Waals surface area (Å²) < 4.78 is 7.17. The van der Waals surface area contributed by atoms with Crippen LogP contribution in [0.15, 0.2) is 17.2 Å². The van der Waals surface area contributed by atoms with Crippen LogP contribution < -0.4 is 0 Å². The maximum absolute atomic E-state index is 5.29. The molecule has 3 heterocycles. The fourth-order valence-electron chi connectivity index (χ4n) is 2.76. The van der Waals surface area contributed by atoms with Gasteiger partial charge in [-0.05, 0) is 19.5 Å². The molecule has 0 radical (unpaired) electrons. The van der Waals surface area contributed by atoms with Crippen molar-refractivity contribution < 1.29 is 4.52 Å². The predicted molar refractivity (Wildman–Crippen MR) is 84.7 cm³/mol. The number of aromatic nitrogens is 5. The van der Waals surface area contributed by atoms with Gasteiger partial charge in [0.1, 0.15) is 12.7 Å². The smallest absolute Gasteiger partial charge is 0.229 e. The molecule has 0 atom stereocenters. The summed E-state index contributed by atoms with van der Waals surface area (Å²) in [6.45, 7) is 11.1. The number of hydrogen-bond acceptors (Lipinski definition) is 7. The van der Waals surface area contributed by atoms with Gasteiger partial charge in [-0.15, -0.1) is 0 Å². The third-order valence-corrected chi connectivity index (χ3v) is 4.14. The van der Waals surface area contributed by atoms with Crippen LogP contribution in [0.5, 0.6) is 0 Å². The van der Waals surface area contributed by atoms with Crippen LogP contribution in [0, 0.1) is 0 Å². The average molecular weight is 319 g/mol. The molecule has 0 spiro atoms. The van der Waals surface area contributed by atoms with E-state index in [-0.39, 0.29) is 5.92 Å². The monoisotopic (exact) mass is 319 g/mol. The molecule has 23 heavy (non-hydrogen) atoms. The Bertz CT molecular complexity index is 580. The predicted octanol–water partition coefficient (Wildman–Crippen LogP) is 0.992. The Hall–Kier alpha value is -1.80. The molecule has 2 aromatic rings. The fraction of sp³-hybridized carbons (Fsp3) is 0.733. The first-order valence-electron chi connectivity index (χ1n) is 8.30. The highest BCUT2D eigenvalue weighted by Gasteiger charge is 2.17. The van der Waals surface area contributed by atoms with E-state index < -0.39 is 0 Å². The molecule has 1 aliphatic heterocycles. The molecule has 0 unspecified atom stereocenters. The second-order valence-electron chi connectivity index (χ2n) is 6.33. The van der Waals surface area contributed by atoms with Gasteiger partial charge in [0.15, 0.2) is 5.82 Å². The van der Waals surface area contributed by atoms with E-state index >= 15 is 0 Å². The van der Waals surface area contributed by atoms with Gasteiger partial charge in [-0.1, -0.05) is 19.0 Å². The lowest BCUT2D eigenvalue weighted by Gasteiger charge is -2.20. The minimum absolute atomic E-state index is 0.285. The van der Waals surface area contributed by atoms with Crippen LogP contribution in [-0.2, 0) is 13.1 Å². The van der Waals surface area contributed by atoms with Crippen molar-refractivity contribution in [3.8, 4) is 0 Å². The second kappa shape index (κ2) is 7.65. The average Bonchev–Trinajstić information content (AvgIpc) is 3.16. The molecule has 0 aliphatic carbocycles. The van der Waals surface area contributed by atoms with E-state index in [0.717, 1.165) is 63.9 Å². The number of nitrogens with zero attached hydrogens (tertiary/aromatic N) is 7. The van der Waals surface area contributed by atoms with Crippen molar-refractivity contribution >= 4 is 0 Å². The number of rotatable bonds is 6. The van der Waals surface area contributed by atoms with Gasteiger partial charge in [0.05, 0.1) is 13.1 Å². The molecule has 1 aliphatic rings. The molecule has 3 rings (SSSR count).